The highest BCUT2D eigenvalue weighted by atomic mass is 16.1. The SMILES string of the molecule is CCCCc1ccc(NCCc2cccc(C(C)=O)n2)cc1. The van der Waals surface area contributed by atoms with Crippen molar-refractivity contribution < 1.29 is 4.79 Å². The lowest BCUT2D eigenvalue weighted by atomic mass is 10.1. The fraction of sp³-hybridized carbons (Fsp3) is 0.368. The predicted octanol–water partition coefficient (Wildman–Crippen LogP) is 4.28. The Morgan fingerprint density at radius 3 is 2.55 bits per heavy atom. The minimum atomic E-state index is 0.0116. The van der Waals surface area contributed by atoms with Crippen molar-refractivity contribution in [3.63, 3.8) is 0 Å². The minimum Gasteiger partial charge on any atom is -0.385 e. The zero-order chi connectivity index (χ0) is 15.8. The third kappa shape index (κ3) is 4.99. The molecule has 0 saturated heterocycles. The summed E-state index contributed by atoms with van der Waals surface area (Å²) in [5.74, 6) is 0.0116. The Hall–Kier alpha value is -2.16. The summed E-state index contributed by atoms with van der Waals surface area (Å²) in [7, 11) is 0. The van der Waals surface area contributed by atoms with Gasteiger partial charge in [-0.25, -0.2) is 4.98 Å². The first kappa shape index (κ1) is 16.2. The normalized spacial score (nSPS) is 10.5. The van der Waals surface area contributed by atoms with Gasteiger partial charge in [0, 0.05) is 31.3 Å². The molecule has 0 aliphatic carbocycles. The molecule has 3 nitrogen and oxygen atoms in total. The predicted molar refractivity (Wildman–Crippen MR) is 91.5 cm³/mol. The summed E-state index contributed by atoms with van der Waals surface area (Å²) in [5.41, 5.74) is 4.00. The van der Waals surface area contributed by atoms with Gasteiger partial charge in [-0.2, -0.15) is 0 Å². The molecule has 0 spiro atoms. The fourth-order valence-corrected chi connectivity index (χ4v) is 2.32. The van der Waals surface area contributed by atoms with E-state index < -0.39 is 0 Å². The van der Waals surface area contributed by atoms with Crippen molar-refractivity contribution in [1.29, 1.82) is 0 Å². The van der Waals surface area contributed by atoms with E-state index in [1.807, 2.05) is 12.1 Å². The van der Waals surface area contributed by atoms with Gasteiger partial charge in [-0.05, 0) is 42.7 Å². The second kappa shape index (κ2) is 8.32. The van der Waals surface area contributed by atoms with E-state index in [9.17, 15) is 4.79 Å². The van der Waals surface area contributed by atoms with Gasteiger partial charge in [-0.1, -0.05) is 31.5 Å². The van der Waals surface area contributed by atoms with E-state index >= 15 is 0 Å². The number of hydrogen-bond acceptors (Lipinski definition) is 3. The number of nitrogens with zero attached hydrogens (tertiary/aromatic N) is 1. The van der Waals surface area contributed by atoms with Crippen molar-refractivity contribution >= 4 is 11.5 Å². The van der Waals surface area contributed by atoms with E-state index in [0.29, 0.717) is 5.69 Å². The lowest BCUT2D eigenvalue weighted by molar-refractivity contribution is 0.101. The molecule has 1 heterocycles. The molecule has 0 unspecified atom stereocenters. The quantitative estimate of drug-likeness (QED) is 0.739. The monoisotopic (exact) mass is 296 g/mol. The van der Waals surface area contributed by atoms with Crippen LogP contribution in [0.1, 0.15) is 48.4 Å². The first-order chi connectivity index (χ1) is 10.7. The Balaban J connectivity index is 1.83. The van der Waals surface area contributed by atoms with Gasteiger partial charge in [0.2, 0.25) is 0 Å². The summed E-state index contributed by atoms with van der Waals surface area (Å²) in [6.45, 7) is 4.57. The van der Waals surface area contributed by atoms with Crippen LogP contribution in [0, 0.1) is 0 Å². The summed E-state index contributed by atoms with van der Waals surface area (Å²) in [4.78, 5) is 15.7. The molecule has 0 aliphatic rings. The van der Waals surface area contributed by atoms with Crippen molar-refractivity contribution in [3.05, 3.63) is 59.4 Å². The zero-order valence-corrected chi connectivity index (χ0v) is 13.4. The van der Waals surface area contributed by atoms with Crippen molar-refractivity contribution in [2.24, 2.45) is 0 Å². The van der Waals surface area contributed by atoms with Crippen molar-refractivity contribution in [2.45, 2.75) is 39.5 Å². The molecule has 1 aromatic carbocycles. The van der Waals surface area contributed by atoms with Crippen LogP contribution in [0.15, 0.2) is 42.5 Å². The summed E-state index contributed by atoms with van der Waals surface area (Å²) < 4.78 is 0. The molecule has 0 aliphatic heterocycles. The molecule has 1 aromatic heterocycles. The number of ketones is 1. The van der Waals surface area contributed by atoms with Crippen LogP contribution in [0.25, 0.3) is 0 Å². The number of aromatic nitrogens is 1. The average molecular weight is 296 g/mol. The maximum absolute atomic E-state index is 11.3. The van der Waals surface area contributed by atoms with E-state index in [1.54, 1.807) is 13.0 Å². The van der Waals surface area contributed by atoms with Gasteiger partial charge in [0.05, 0.1) is 0 Å². The lowest BCUT2D eigenvalue weighted by Crippen LogP contribution is -2.07. The van der Waals surface area contributed by atoms with E-state index in [-0.39, 0.29) is 5.78 Å². The number of anilines is 1. The molecule has 0 bridgehead atoms. The van der Waals surface area contributed by atoms with Crippen LogP contribution in [0.2, 0.25) is 0 Å². The highest BCUT2D eigenvalue weighted by molar-refractivity contribution is 5.92. The highest BCUT2D eigenvalue weighted by Crippen LogP contribution is 2.12. The number of rotatable bonds is 8. The largest absolute Gasteiger partial charge is 0.385 e. The number of Topliss-reactive ketones (excluding diaryl/α,β-unsaturated/α-hetero) is 1. The molecule has 0 fully saturated rings. The maximum atomic E-state index is 11.3. The fourth-order valence-electron chi connectivity index (χ4n) is 2.32. The van der Waals surface area contributed by atoms with Crippen LogP contribution in [0.5, 0.6) is 0 Å². The summed E-state index contributed by atoms with van der Waals surface area (Å²) in [5, 5.41) is 3.40. The standard InChI is InChI=1S/C19H24N2O/c1-3-4-6-16-9-11-17(12-10-16)20-14-13-18-7-5-8-19(21-18)15(2)22/h5,7-12,20H,3-4,6,13-14H2,1-2H3. The first-order valence-electron chi connectivity index (χ1n) is 7.98. The molecule has 0 amide bonds. The molecule has 0 saturated carbocycles. The zero-order valence-electron chi connectivity index (χ0n) is 13.4. The second-order valence-corrected chi connectivity index (χ2v) is 5.55. The Bertz CT molecular complexity index is 605. The maximum Gasteiger partial charge on any atom is 0.178 e. The van der Waals surface area contributed by atoms with Crippen molar-refractivity contribution in [2.75, 3.05) is 11.9 Å². The minimum absolute atomic E-state index is 0.0116. The number of carbonyl (C=O) groups is 1. The van der Waals surface area contributed by atoms with Crippen LogP contribution in [0.4, 0.5) is 5.69 Å². The molecular weight excluding hydrogens is 272 g/mol. The molecular formula is C19H24N2O. The molecule has 116 valence electrons. The van der Waals surface area contributed by atoms with Crippen molar-refractivity contribution in [1.82, 2.24) is 4.98 Å². The smallest absolute Gasteiger partial charge is 0.178 e. The number of benzene rings is 1. The molecule has 3 heteroatoms. The number of nitrogens with one attached hydrogen (secondary N) is 1. The molecule has 2 rings (SSSR count). The summed E-state index contributed by atoms with van der Waals surface area (Å²) >= 11 is 0. The molecule has 0 radical (unpaired) electrons. The Kier molecular flexibility index (Phi) is 6.13. The van der Waals surface area contributed by atoms with Crippen LogP contribution < -0.4 is 5.32 Å². The van der Waals surface area contributed by atoms with Gasteiger partial charge in [0.25, 0.3) is 0 Å². The summed E-state index contributed by atoms with van der Waals surface area (Å²) in [6, 6.07) is 14.2. The third-order valence-corrected chi connectivity index (χ3v) is 3.65. The van der Waals surface area contributed by atoms with Gasteiger partial charge >= 0.3 is 0 Å². The van der Waals surface area contributed by atoms with E-state index in [0.717, 1.165) is 30.8 Å². The molecule has 1 N–H and O–H groups in total. The summed E-state index contributed by atoms with van der Waals surface area (Å²) in [6.07, 6.45) is 4.43. The number of pyridine rings is 1. The van der Waals surface area contributed by atoms with Crippen LogP contribution in [0.3, 0.4) is 0 Å². The number of aryl methyl sites for hydroxylation is 1. The Labute approximate surface area is 132 Å². The van der Waals surface area contributed by atoms with E-state index in [4.69, 9.17) is 0 Å². The van der Waals surface area contributed by atoms with Crippen LogP contribution in [-0.4, -0.2) is 17.3 Å². The second-order valence-electron chi connectivity index (χ2n) is 5.55. The average Bonchev–Trinajstić information content (AvgIpc) is 2.54. The van der Waals surface area contributed by atoms with Gasteiger partial charge in [-0.15, -0.1) is 0 Å². The lowest BCUT2D eigenvalue weighted by Gasteiger charge is -2.08. The molecule has 2 aromatic rings. The Morgan fingerprint density at radius 1 is 1.09 bits per heavy atom. The topological polar surface area (TPSA) is 42.0 Å². The number of carbonyl (C=O) groups excluding carboxylic acids is 1. The van der Waals surface area contributed by atoms with Gasteiger partial charge in [0.15, 0.2) is 5.78 Å². The number of hydrogen-bond donors (Lipinski definition) is 1. The van der Waals surface area contributed by atoms with Gasteiger partial charge < -0.3 is 5.32 Å². The Morgan fingerprint density at radius 2 is 1.86 bits per heavy atom. The first-order valence-corrected chi connectivity index (χ1v) is 7.98. The van der Waals surface area contributed by atoms with Crippen LogP contribution in [-0.2, 0) is 12.8 Å². The molecule has 0 atom stereocenters. The van der Waals surface area contributed by atoms with Gasteiger partial charge in [-0.3, -0.25) is 4.79 Å². The van der Waals surface area contributed by atoms with E-state index in [2.05, 4.69) is 41.5 Å². The van der Waals surface area contributed by atoms with Crippen molar-refractivity contribution in [3.8, 4) is 0 Å². The molecule has 22 heavy (non-hydrogen) atoms. The highest BCUT2D eigenvalue weighted by Gasteiger charge is 2.02. The van der Waals surface area contributed by atoms with Crippen LogP contribution >= 0.6 is 0 Å². The third-order valence-electron chi connectivity index (χ3n) is 3.65. The van der Waals surface area contributed by atoms with Gasteiger partial charge in [0.1, 0.15) is 5.69 Å². The number of unbranched alkanes of at least 4 members (excludes halogenated alkanes) is 1. The van der Waals surface area contributed by atoms with E-state index in [1.165, 1.54) is 18.4 Å².